The maximum Gasteiger partial charge on any atom is 1.00 e. The van der Waals surface area contributed by atoms with Crippen LogP contribution >= 0.6 is 0 Å². The van der Waals surface area contributed by atoms with E-state index in [1.54, 1.807) is 9.80 Å². The molecule has 0 radical (unpaired) electrons. The van der Waals surface area contributed by atoms with E-state index in [2.05, 4.69) is 0 Å². The summed E-state index contributed by atoms with van der Waals surface area (Å²) >= 11 is 0. The molecule has 0 unspecified atom stereocenters. The van der Waals surface area contributed by atoms with Crippen molar-refractivity contribution < 1.29 is 123 Å². The maximum absolute atomic E-state index is 11.9. The summed E-state index contributed by atoms with van der Waals surface area (Å²) in [5.41, 5.74) is 0. The standard InChI is InChI=1S/C17H30N2O7.3Na/c1-2-3-4-14(20)13-19(10-7-17(25)26)12-11-18(8-5-15(21)22)9-6-16(23)24;;;/h13,20H,2-12H2,1H3,(H,21,22)(H,23,24)(H,25,26);;;/q;3*+1/p-3/b14-13-;;;. The van der Waals surface area contributed by atoms with Gasteiger partial charge in [-0.15, -0.1) is 5.76 Å². The van der Waals surface area contributed by atoms with Gasteiger partial charge in [0.15, 0.2) is 0 Å². The third-order valence-electron chi connectivity index (χ3n) is 3.68. The van der Waals surface area contributed by atoms with Gasteiger partial charge in [0.1, 0.15) is 0 Å². The van der Waals surface area contributed by atoms with E-state index in [-0.39, 0.29) is 146 Å². The van der Waals surface area contributed by atoms with Crippen molar-refractivity contribution in [2.24, 2.45) is 0 Å². The van der Waals surface area contributed by atoms with Crippen molar-refractivity contribution in [3.63, 3.8) is 0 Å². The number of carboxylic acid groups (broad SMARTS) is 3. The zero-order valence-electron chi connectivity index (χ0n) is 18.1. The topological polar surface area (TPSA) is 147 Å². The van der Waals surface area contributed by atoms with Crippen LogP contribution in [0.2, 0.25) is 0 Å². The van der Waals surface area contributed by atoms with Gasteiger partial charge in [0.2, 0.25) is 0 Å². The molecule has 0 heterocycles. The average molecular weight is 440 g/mol. The Bertz CT molecular complexity index is 476. The molecule has 1 N–H and O–H groups in total. The number of carbonyl (C=O) groups excluding carboxylic acids is 2. The van der Waals surface area contributed by atoms with E-state index in [9.17, 15) is 29.7 Å². The second-order valence-corrected chi connectivity index (χ2v) is 5.96. The smallest absolute Gasteiger partial charge is 0.874 e. The van der Waals surface area contributed by atoms with Gasteiger partial charge in [0.05, 0.1) is 6.42 Å². The van der Waals surface area contributed by atoms with Gasteiger partial charge in [-0.25, -0.2) is 0 Å². The summed E-state index contributed by atoms with van der Waals surface area (Å²) in [6.07, 6.45) is 2.73. The zero-order valence-corrected chi connectivity index (χ0v) is 24.1. The zero-order chi connectivity index (χ0) is 19.9. The molecule has 0 atom stereocenters. The van der Waals surface area contributed by atoms with E-state index in [1.165, 1.54) is 6.20 Å². The van der Waals surface area contributed by atoms with Crippen molar-refractivity contribution in [3.05, 3.63) is 12.0 Å². The van der Waals surface area contributed by atoms with E-state index in [4.69, 9.17) is 5.11 Å². The van der Waals surface area contributed by atoms with Gasteiger partial charge in [-0.2, -0.15) is 0 Å². The number of hydrogen-bond acceptors (Lipinski definition) is 8. The molecule has 0 aromatic carbocycles. The first kappa shape index (κ1) is 37.0. The third kappa shape index (κ3) is 24.8. The quantitative estimate of drug-likeness (QED) is 0.182. The van der Waals surface area contributed by atoms with Gasteiger partial charge < -0.3 is 39.8 Å². The van der Waals surface area contributed by atoms with Crippen LogP contribution in [0.4, 0.5) is 0 Å². The molecule has 0 fully saturated rings. The summed E-state index contributed by atoms with van der Waals surface area (Å²) in [5, 5.41) is 41.9. The van der Waals surface area contributed by atoms with E-state index < -0.39 is 17.9 Å². The fourth-order valence-corrected chi connectivity index (χ4v) is 2.20. The van der Waals surface area contributed by atoms with Gasteiger partial charge in [-0.05, 0) is 25.5 Å². The summed E-state index contributed by atoms with van der Waals surface area (Å²) in [6.45, 7) is 2.88. The van der Waals surface area contributed by atoms with Crippen molar-refractivity contribution in [2.45, 2.75) is 45.4 Å². The van der Waals surface area contributed by atoms with E-state index in [1.807, 2.05) is 6.92 Å². The van der Waals surface area contributed by atoms with Crippen LogP contribution in [0.3, 0.4) is 0 Å². The minimum atomic E-state index is -1.24. The Morgan fingerprint density at radius 1 is 0.793 bits per heavy atom. The Labute approximate surface area is 238 Å². The maximum atomic E-state index is 11.9. The SMILES string of the molecule is CCCC/C([O-])=C/N(CCC(=O)O)CCN(CCC(=O)[O-])CCC(=O)[O-].[Na+].[Na+].[Na+]. The Balaban J connectivity index is -0.00000104. The molecule has 0 aromatic rings. The van der Waals surface area contributed by atoms with E-state index in [0.717, 1.165) is 12.8 Å². The van der Waals surface area contributed by atoms with Gasteiger partial charge in [-0.1, -0.05) is 19.8 Å². The molecule has 0 aliphatic heterocycles. The van der Waals surface area contributed by atoms with Crippen LogP contribution in [-0.2, 0) is 14.4 Å². The molecule has 0 aliphatic rings. The summed E-state index contributed by atoms with van der Waals surface area (Å²) in [6, 6.07) is 0. The van der Waals surface area contributed by atoms with Crippen molar-refractivity contribution in [1.29, 1.82) is 0 Å². The summed E-state index contributed by atoms with van der Waals surface area (Å²) in [7, 11) is 0. The van der Waals surface area contributed by atoms with Crippen LogP contribution < -0.4 is 104 Å². The molecule has 150 valence electrons. The largest absolute Gasteiger partial charge is 1.00 e. The molecule has 0 saturated carbocycles. The Kier molecular flexibility index (Phi) is 29.9. The minimum absolute atomic E-state index is 0. The van der Waals surface area contributed by atoms with Crippen molar-refractivity contribution in [2.75, 3.05) is 32.7 Å². The molecular weight excluding hydrogens is 413 g/mol. The van der Waals surface area contributed by atoms with Crippen molar-refractivity contribution in [3.8, 4) is 0 Å². The minimum Gasteiger partial charge on any atom is -0.874 e. The number of unbranched alkanes of at least 4 members (excludes halogenated alkanes) is 1. The first-order valence-electron chi connectivity index (χ1n) is 8.70. The number of allylic oxidation sites excluding steroid dienone is 1. The molecular formula is C17H27N2Na3O7. The predicted molar refractivity (Wildman–Crippen MR) is 87.1 cm³/mol. The molecule has 29 heavy (non-hydrogen) atoms. The molecule has 0 aliphatic carbocycles. The second kappa shape index (κ2) is 23.4. The van der Waals surface area contributed by atoms with Crippen molar-refractivity contribution >= 4 is 17.9 Å². The van der Waals surface area contributed by atoms with Gasteiger partial charge in [0.25, 0.3) is 0 Å². The monoisotopic (exact) mass is 440 g/mol. The summed E-state index contributed by atoms with van der Waals surface area (Å²) in [4.78, 5) is 35.2. The molecule has 0 amide bonds. The fraction of sp³-hybridized carbons (Fsp3) is 0.706. The Morgan fingerprint density at radius 2 is 1.31 bits per heavy atom. The summed E-state index contributed by atoms with van der Waals surface area (Å²) < 4.78 is 0. The van der Waals surface area contributed by atoms with Gasteiger partial charge in [-0.3, -0.25) is 4.79 Å². The van der Waals surface area contributed by atoms with Crippen LogP contribution in [0.15, 0.2) is 12.0 Å². The van der Waals surface area contributed by atoms with Gasteiger partial charge in [0, 0.05) is 44.7 Å². The number of carbonyl (C=O) groups is 3. The van der Waals surface area contributed by atoms with Crippen LogP contribution in [0, 0.1) is 0 Å². The molecule has 0 bridgehead atoms. The predicted octanol–water partition coefficient (Wildman–Crippen LogP) is -11.3. The number of carboxylic acids is 3. The summed E-state index contributed by atoms with van der Waals surface area (Å²) in [5.74, 6) is -3.58. The van der Waals surface area contributed by atoms with Gasteiger partial charge >= 0.3 is 94.6 Å². The number of nitrogens with zero attached hydrogens (tertiary/aromatic N) is 2. The molecule has 0 saturated heterocycles. The van der Waals surface area contributed by atoms with Crippen LogP contribution in [0.25, 0.3) is 0 Å². The average Bonchev–Trinajstić information content (AvgIpc) is 2.56. The Hall–Kier alpha value is 0.710. The second-order valence-electron chi connectivity index (χ2n) is 5.96. The van der Waals surface area contributed by atoms with Crippen LogP contribution in [-0.4, -0.2) is 65.5 Å². The van der Waals surface area contributed by atoms with E-state index in [0.29, 0.717) is 6.42 Å². The molecule has 0 rings (SSSR count). The Morgan fingerprint density at radius 3 is 1.72 bits per heavy atom. The molecule has 0 spiro atoms. The van der Waals surface area contributed by atoms with E-state index >= 15 is 0 Å². The number of hydrogen-bond donors (Lipinski definition) is 1. The number of aliphatic carboxylic acids is 3. The molecule has 12 heteroatoms. The normalized spacial score (nSPS) is 10.3. The third-order valence-corrected chi connectivity index (χ3v) is 3.68. The van der Waals surface area contributed by atoms with Crippen molar-refractivity contribution in [1.82, 2.24) is 9.80 Å². The first-order valence-corrected chi connectivity index (χ1v) is 8.70. The van der Waals surface area contributed by atoms with Crippen LogP contribution in [0.5, 0.6) is 0 Å². The molecule has 9 nitrogen and oxygen atoms in total. The van der Waals surface area contributed by atoms with Crippen LogP contribution in [0.1, 0.15) is 45.4 Å². The molecule has 0 aromatic heterocycles. The fourth-order valence-electron chi connectivity index (χ4n) is 2.20. The first-order chi connectivity index (χ1) is 12.2. The number of rotatable bonds is 16.